The maximum absolute atomic E-state index is 13.2. The molecule has 1 heterocycles. The number of hydrogen-bond acceptors (Lipinski definition) is 0. The standard InChI is InChI=1S/C19H16F3O/c20-19(21,22)23-12-11-17(13-15-7-3-1-4-8-15)18(23)14-16-9-5-2-6-10-16/h1-12H,13-14H2/q+1. The quantitative estimate of drug-likeness (QED) is 0.549. The molecule has 0 radical (unpaired) electrons. The third-order valence-corrected chi connectivity index (χ3v) is 3.72. The van der Waals surface area contributed by atoms with E-state index in [0.29, 0.717) is 12.0 Å². The number of alkyl halides is 3. The SMILES string of the molecule is FC(F)(F)[o+]1ccc(Cc2ccccc2)c1Cc1ccccc1. The van der Waals surface area contributed by atoms with Crippen LogP contribution in [0.1, 0.15) is 22.5 Å². The molecule has 4 heteroatoms. The highest BCUT2D eigenvalue weighted by Crippen LogP contribution is 2.36. The van der Waals surface area contributed by atoms with Crippen LogP contribution in [-0.4, -0.2) is 0 Å². The highest BCUT2D eigenvalue weighted by atomic mass is 19.4. The highest BCUT2D eigenvalue weighted by molar-refractivity contribution is 5.31. The van der Waals surface area contributed by atoms with Gasteiger partial charge in [0.25, 0.3) is 5.76 Å². The van der Waals surface area contributed by atoms with E-state index in [1.807, 2.05) is 60.7 Å². The van der Waals surface area contributed by atoms with Crippen molar-refractivity contribution in [2.75, 3.05) is 0 Å². The van der Waals surface area contributed by atoms with Crippen molar-refractivity contribution in [2.45, 2.75) is 19.2 Å². The summed E-state index contributed by atoms with van der Waals surface area (Å²) in [6, 6.07) is 20.2. The molecule has 3 aromatic rings. The molecule has 0 aliphatic carbocycles. The molecular formula is C19H16F3O+. The Morgan fingerprint density at radius 3 is 1.74 bits per heavy atom. The van der Waals surface area contributed by atoms with E-state index in [1.165, 1.54) is 10.1 Å². The lowest BCUT2D eigenvalue weighted by Crippen LogP contribution is -2.08. The van der Waals surface area contributed by atoms with E-state index in [1.54, 1.807) is 0 Å². The van der Waals surface area contributed by atoms with Gasteiger partial charge in [0, 0.05) is 12.5 Å². The number of benzene rings is 2. The van der Waals surface area contributed by atoms with Gasteiger partial charge in [0.15, 0.2) is 0 Å². The zero-order valence-electron chi connectivity index (χ0n) is 12.4. The Morgan fingerprint density at radius 2 is 1.22 bits per heavy atom. The van der Waals surface area contributed by atoms with Crippen LogP contribution in [0.4, 0.5) is 13.2 Å². The molecule has 118 valence electrons. The van der Waals surface area contributed by atoms with Crippen molar-refractivity contribution in [1.29, 1.82) is 0 Å². The van der Waals surface area contributed by atoms with E-state index in [0.717, 1.165) is 17.4 Å². The van der Waals surface area contributed by atoms with Gasteiger partial charge >= 0.3 is 6.36 Å². The fraction of sp³-hybridized carbons (Fsp3) is 0.158. The Kier molecular flexibility index (Phi) is 4.24. The lowest BCUT2D eigenvalue weighted by molar-refractivity contribution is -0.375. The second-order valence-corrected chi connectivity index (χ2v) is 5.36. The lowest BCUT2D eigenvalue weighted by atomic mass is 10.0. The first kappa shape index (κ1) is 15.4. The molecule has 0 aliphatic heterocycles. The third kappa shape index (κ3) is 3.65. The molecule has 0 N–H and O–H groups in total. The van der Waals surface area contributed by atoms with Gasteiger partial charge in [-0.2, -0.15) is 0 Å². The zero-order chi connectivity index (χ0) is 16.3. The van der Waals surface area contributed by atoms with Crippen molar-refractivity contribution in [2.24, 2.45) is 0 Å². The van der Waals surface area contributed by atoms with Crippen LogP contribution in [0.3, 0.4) is 0 Å². The zero-order valence-corrected chi connectivity index (χ0v) is 12.4. The number of furan rings is 1. The van der Waals surface area contributed by atoms with Gasteiger partial charge in [-0.05, 0) is 11.1 Å². The minimum absolute atomic E-state index is 0.215. The minimum Gasteiger partial charge on any atom is -0.460 e. The maximum atomic E-state index is 13.2. The van der Waals surface area contributed by atoms with Crippen LogP contribution in [0.25, 0.3) is 0 Å². The van der Waals surface area contributed by atoms with E-state index in [9.17, 15) is 13.2 Å². The molecule has 1 aromatic heterocycles. The van der Waals surface area contributed by atoms with Crippen LogP contribution in [0.15, 0.2) is 77.0 Å². The van der Waals surface area contributed by atoms with Crippen molar-refractivity contribution >= 4 is 0 Å². The van der Waals surface area contributed by atoms with E-state index in [4.69, 9.17) is 0 Å². The Morgan fingerprint density at radius 1 is 0.696 bits per heavy atom. The highest BCUT2D eigenvalue weighted by Gasteiger charge is 2.43. The van der Waals surface area contributed by atoms with Crippen LogP contribution in [-0.2, 0) is 19.2 Å². The topological polar surface area (TPSA) is 2.70 Å². The summed E-state index contributed by atoms with van der Waals surface area (Å²) in [6.07, 6.45) is -2.76. The largest absolute Gasteiger partial charge is 0.701 e. The molecule has 23 heavy (non-hydrogen) atoms. The molecule has 1 nitrogen and oxygen atoms in total. The Hall–Kier alpha value is -2.49. The average molecular weight is 317 g/mol. The Bertz CT molecular complexity index is 758. The van der Waals surface area contributed by atoms with Crippen molar-refractivity contribution in [1.82, 2.24) is 0 Å². The normalized spacial score (nSPS) is 11.6. The van der Waals surface area contributed by atoms with Crippen LogP contribution < -0.4 is 0 Å². The summed E-state index contributed by atoms with van der Waals surface area (Å²) in [5.74, 6) is 0.215. The number of halogens is 3. The van der Waals surface area contributed by atoms with Gasteiger partial charge < -0.3 is 4.05 Å². The molecule has 0 aliphatic rings. The van der Waals surface area contributed by atoms with E-state index in [2.05, 4.69) is 0 Å². The molecule has 0 saturated heterocycles. The predicted octanol–water partition coefficient (Wildman–Crippen LogP) is 5.63. The van der Waals surface area contributed by atoms with Gasteiger partial charge in [0.2, 0.25) is 6.26 Å². The fourth-order valence-corrected chi connectivity index (χ4v) is 2.63. The summed E-state index contributed by atoms with van der Waals surface area (Å²) in [6.45, 7) is 0. The Labute approximate surface area is 132 Å². The molecule has 0 unspecified atom stereocenters. The lowest BCUT2D eigenvalue weighted by Gasteiger charge is -2.10. The predicted molar refractivity (Wildman–Crippen MR) is 83.1 cm³/mol. The number of rotatable bonds is 4. The summed E-state index contributed by atoms with van der Waals surface area (Å²) in [4.78, 5) is 0. The molecule has 0 amide bonds. The summed E-state index contributed by atoms with van der Waals surface area (Å²) in [5.41, 5.74) is 2.50. The molecule has 2 aromatic carbocycles. The van der Waals surface area contributed by atoms with E-state index >= 15 is 0 Å². The van der Waals surface area contributed by atoms with Crippen LogP contribution in [0.2, 0.25) is 0 Å². The molecule has 0 bridgehead atoms. The monoisotopic (exact) mass is 317 g/mol. The molecular weight excluding hydrogens is 301 g/mol. The minimum atomic E-state index is -4.49. The van der Waals surface area contributed by atoms with Gasteiger partial charge in [0.1, 0.15) is 0 Å². The van der Waals surface area contributed by atoms with Gasteiger partial charge in [-0.1, -0.05) is 73.8 Å². The second kappa shape index (κ2) is 6.32. The average Bonchev–Trinajstić information content (AvgIpc) is 2.92. The van der Waals surface area contributed by atoms with Crippen molar-refractivity contribution < 1.29 is 17.2 Å². The Balaban J connectivity index is 1.98. The van der Waals surface area contributed by atoms with Crippen LogP contribution in [0, 0.1) is 0 Å². The van der Waals surface area contributed by atoms with E-state index < -0.39 is 6.36 Å². The number of hydrogen-bond donors (Lipinski definition) is 0. The van der Waals surface area contributed by atoms with Crippen molar-refractivity contribution in [3.63, 3.8) is 0 Å². The third-order valence-electron chi connectivity index (χ3n) is 3.72. The van der Waals surface area contributed by atoms with Crippen molar-refractivity contribution in [3.05, 3.63) is 95.4 Å². The van der Waals surface area contributed by atoms with Gasteiger partial charge in [0.05, 0.1) is 12.0 Å². The first-order valence-corrected chi connectivity index (χ1v) is 7.32. The first-order chi connectivity index (χ1) is 11.0. The molecule has 0 fully saturated rings. The van der Waals surface area contributed by atoms with E-state index in [-0.39, 0.29) is 12.2 Å². The van der Waals surface area contributed by atoms with Crippen LogP contribution >= 0.6 is 0 Å². The second-order valence-electron chi connectivity index (χ2n) is 5.36. The summed E-state index contributed by atoms with van der Waals surface area (Å²) >= 11 is 0. The fourth-order valence-electron chi connectivity index (χ4n) is 2.63. The van der Waals surface area contributed by atoms with Gasteiger partial charge in [-0.15, -0.1) is 0 Å². The summed E-state index contributed by atoms with van der Waals surface area (Å²) in [7, 11) is 0. The molecule has 0 atom stereocenters. The van der Waals surface area contributed by atoms with Crippen molar-refractivity contribution in [3.8, 4) is 0 Å². The molecule has 0 saturated carbocycles. The smallest absolute Gasteiger partial charge is 0.460 e. The molecule has 3 rings (SSSR count). The maximum Gasteiger partial charge on any atom is 0.701 e. The van der Waals surface area contributed by atoms with Crippen LogP contribution in [0.5, 0.6) is 0 Å². The van der Waals surface area contributed by atoms with Gasteiger partial charge in [-0.25, -0.2) is 0 Å². The summed E-state index contributed by atoms with van der Waals surface area (Å²) in [5, 5.41) is 0. The summed E-state index contributed by atoms with van der Waals surface area (Å²) < 4.78 is 41.1. The van der Waals surface area contributed by atoms with Gasteiger partial charge in [-0.3, -0.25) is 0 Å². The first-order valence-electron chi connectivity index (χ1n) is 7.32. The molecule has 0 spiro atoms.